The van der Waals surface area contributed by atoms with Crippen molar-refractivity contribution in [2.75, 3.05) is 39.6 Å². The van der Waals surface area contributed by atoms with Gasteiger partial charge in [-0.2, -0.15) is 0 Å². The van der Waals surface area contributed by atoms with E-state index in [1.54, 1.807) is 0 Å². The second kappa shape index (κ2) is 66.3. The lowest BCUT2D eigenvalue weighted by Gasteiger charge is -2.21. The van der Waals surface area contributed by atoms with E-state index >= 15 is 0 Å². The monoisotopic (exact) mass is 1410 g/mol. The molecule has 0 saturated carbocycles. The number of aliphatic hydroxyl groups is 1. The molecule has 0 aliphatic heterocycles. The number of unbranched alkanes of at least 4 members (excludes halogenated alkanes) is 39. The summed E-state index contributed by atoms with van der Waals surface area (Å²) in [6.45, 7) is 14.2. The lowest BCUT2D eigenvalue weighted by molar-refractivity contribution is -0.161. The fraction of sp³-hybridized carbons (Fsp3) is 0.948. The standard InChI is InChI=1S/C77H150O17P2/c1-9-70(8)56-48-40-32-24-19-21-27-35-44-52-60-77(82)94-73(64-88-75(80)58-50-42-36-28-31-39-47-55-69(6)7)66-92-96(85,86)90-62-71(78)61-89-95(83,84)91-65-72(63-87-74(79)57-49-41-33-25-20-18-23-30-38-46-54-68(4)5)93-76(81)59-51-43-34-26-17-15-13-11-10-12-14-16-22-29-37-45-53-67(2)3/h67-73,78H,9-66H2,1-8H3,(H,83,84)(H,85,86)/t70?,71?,72-,73-/m1/s1. The minimum Gasteiger partial charge on any atom is -0.462 e. The van der Waals surface area contributed by atoms with Crippen LogP contribution >= 0.6 is 15.6 Å². The van der Waals surface area contributed by atoms with Gasteiger partial charge in [0.2, 0.25) is 0 Å². The SMILES string of the molecule is CCC(C)CCCCCCCCCCCCC(=O)O[C@H](COC(=O)CCCCCCCCCC(C)C)COP(=O)(O)OCC(O)COP(=O)(O)OC[C@@H](COC(=O)CCCCCCCCCCCCC(C)C)OC(=O)CCCCCCCCCCCCCCCCCCC(C)C. The molecule has 0 radical (unpaired) electrons. The van der Waals surface area contributed by atoms with E-state index in [1.165, 1.54) is 186 Å². The van der Waals surface area contributed by atoms with Crippen LogP contribution in [0.2, 0.25) is 0 Å². The molecule has 0 aliphatic rings. The van der Waals surface area contributed by atoms with Crippen LogP contribution in [0.5, 0.6) is 0 Å². The molecule has 17 nitrogen and oxygen atoms in total. The molecule has 0 aromatic carbocycles. The zero-order valence-corrected chi connectivity index (χ0v) is 64.8. The molecular weight excluding hydrogens is 1260 g/mol. The number of rotatable bonds is 74. The van der Waals surface area contributed by atoms with E-state index in [0.717, 1.165) is 114 Å². The summed E-state index contributed by atoms with van der Waals surface area (Å²) in [5, 5.41) is 10.6. The van der Waals surface area contributed by atoms with Crippen molar-refractivity contribution in [3.63, 3.8) is 0 Å². The average molecular weight is 1410 g/mol. The van der Waals surface area contributed by atoms with Crippen LogP contribution in [-0.2, 0) is 65.4 Å². The van der Waals surface area contributed by atoms with Crippen molar-refractivity contribution in [2.24, 2.45) is 23.7 Å². The summed E-state index contributed by atoms with van der Waals surface area (Å²) >= 11 is 0. The van der Waals surface area contributed by atoms with Crippen LogP contribution in [0.4, 0.5) is 0 Å². The van der Waals surface area contributed by atoms with Gasteiger partial charge < -0.3 is 33.8 Å². The van der Waals surface area contributed by atoms with E-state index in [0.29, 0.717) is 31.6 Å². The first-order valence-corrected chi connectivity index (χ1v) is 42.7. The van der Waals surface area contributed by atoms with Crippen molar-refractivity contribution in [2.45, 2.75) is 408 Å². The van der Waals surface area contributed by atoms with Crippen molar-refractivity contribution in [1.29, 1.82) is 0 Å². The number of ether oxygens (including phenoxy) is 4. The van der Waals surface area contributed by atoms with E-state index in [2.05, 4.69) is 55.4 Å². The molecule has 3 N–H and O–H groups in total. The molecule has 0 aromatic rings. The summed E-state index contributed by atoms with van der Waals surface area (Å²) in [6, 6.07) is 0. The third-order valence-corrected chi connectivity index (χ3v) is 20.1. The van der Waals surface area contributed by atoms with Crippen molar-refractivity contribution >= 4 is 39.5 Å². The van der Waals surface area contributed by atoms with Gasteiger partial charge in [-0.1, -0.05) is 338 Å². The number of carbonyl (C=O) groups is 4. The third kappa shape index (κ3) is 69.2. The van der Waals surface area contributed by atoms with E-state index in [1.807, 2.05) is 0 Å². The van der Waals surface area contributed by atoms with Crippen LogP contribution in [0.1, 0.15) is 389 Å². The summed E-state index contributed by atoms with van der Waals surface area (Å²) in [6.07, 6.45) is 51.3. The van der Waals surface area contributed by atoms with E-state index < -0.39 is 97.5 Å². The fourth-order valence-electron chi connectivity index (χ4n) is 11.7. The first-order valence-electron chi connectivity index (χ1n) is 39.7. The van der Waals surface area contributed by atoms with Crippen LogP contribution in [-0.4, -0.2) is 96.7 Å². The Morgan fingerprint density at radius 2 is 0.500 bits per heavy atom. The van der Waals surface area contributed by atoms with Crippen molar-refractivity contribution < 1.29 is 80.2 Å². The highest BCUT2D eigenvalue weighted by atomic mass is 31.2. The topological polar surface area (TPSA) is 237 Å². The molecule has 0 amide bonds. The van der Waals surface area contributed by atoms with Gasteiger partial charge in [0.15, 0.2) is 12.2 Å². The van der Waals surface area contributed by atoms with Crippen molar-refractivity contribution in [3.05, 3.63) is 0 Å². The Morgan fingerprint density at radius 3 is 0.740 bits per heavy atom. The van der Waals surface area contributed by atoms with Gasteiger partial charge in [-0.05, 0) is 49.4 Å². The molecule has 0 spiro atoms. The van der Waals surface area contributed by atoms with Gasteiger partial charge >= 0.3 is 39.5 Å². The smallest absolute Gasteiger partial charge is 0.462 e. The second-order valence-corrected chi connectivity index (χ2v) is 32.3. The van der Waals surface area contributed by atoms with Crippen molar-refractivity contribution in [3.8, 4) is 0 Å². The lowest BCUT2D eigenvalue weighted by Crippen LogP contribution is -2.30. The largest absolute Gasteiger partial charge is 0.472 e. The summed E-state index contributed by atoms with van der Waals surface area (Å²) in [4.78, 5) is 72.8. The molecule has 570 valence electrons. The first-order chi connectivity index (χ1) is 46.1. The van der Waals surface area contributed by atoms with Gasteiger partial charge in [-0.3, -0.25) is 37.3 Å². The summed E-state index contributed by atoms with van der Waals surface area (Å²) in [7, 11) is -9.92. The number of hydrogen-bond acceptors (Lipinski definition) is 15. The Kier molecular flexibility index (Phi) is 65.0. The highest BCUT2D eigenvalue weighted by molar-refractivity contribution is 7.47. The highest BCUT2D eigenvalue weighted by Gasteiger charge is 2.30. The maximum atomic E-state index is 13.1. The Bertz CT molecular complexity index is 1890. The summed E-state index contributed by atoms with van der Waals surface area (Å²) in [5.41, 5.74) is 0. The van der Waals surface area contributed by atoms with E-state index in [4.69, 9.17) is 37.0 Å². The number of aliphatic hydroxyl groups excluding tert-OH is 1. The highest BCUT2D eigenvalue weighted by Crippen LogP contribution is 2.45. The van der Waals surface area contributed by atoms with Gasteiger partial charge in [-0.15, -0.1) is 0 Å². The molecule has 0 heterocycles. The van der Waals surface area contributed by atoms with Gasteiger partial charge in [0.1, 0.15) is 19.3 Å². The first kappa shape index (κ1) is 94.1. The van der Waals surface area contributed by atoms with Gasteiger partial charge in [0.05, 0.1) is 26.4 Å². The van der Waals surface area contributed by atoms with Crippen molar-refractivity contribution in [1.82, 2.24) is 0 Å². The number of phosphoric ester groups is 2. The van der Waals surface area contributed by atoms with Crippen LogP contribution < -0.4 is 0 Å². The predicted octanol–water partition coefficient (Wildman–Crippen LogP) is 22.4. The Labute approximate surface area is 588 Å². The van der Waals surface area contributed by atoms with Crippen LogP contribution in [0.15, 0.2) is 0 Å². The molecule has 0 saturated heterocycles. The normalized spacial score (nSPS) is 14.4. The Morgan fingerprint density at radius 1 is 0.292 bits per heavy atom. The molecule has 0 rings (SSSR count). The Hall–Kier alpha value is -1.94. The molecule has 96 heavy (non-hydrogen) atoms. The summed E-state index contributed by atoms with van der Waals surface area (Å²) < 4.78 is 68.6. The molecule has 6 atom stereocenters. The van der Waals surface area contributed by atoms with Crippen LogP contribution in [0.25, 0.3) is 0 Å². The quantitative estimate of drug-likeness (QED) is 0.0222. The minimum absolute atomic E-state index is 0.105. The zero-order chi connectivity index (χ0) is 71.0. The average Bonchev–Trinajstić information content (AvgIpc) is 1.09. The van der Waals surface area contributed by atoms with Gasteiger partial charge in [0, 0.05) is 25.7 Å². The van der Waals surface area contributed by atoms with Gasteiger partial charge in [0.25, 0.3) is 0 Å². The Balaban J connectivity index is 5.24. The number of esters is 4. The molecule has 4 unspecified atom stereocenters. The molecular formula is C77H150O17P2. The molecule has 0 bridgehead atoms. The number of phosphoric acid groups is 2. The fourth-order valence-corrected chi connectivity index (χ4v) is 13.3. The van der Waals surface area contributed by atoms with Crippen LogP contribution in [0, 0.1) is 23.7 Å². The van der Waals surface area contributed by atoms with Gasteiger partial charge in [-0.25, -0.2) is 9.13 Å². The molecule has 0 aliphatic carbocycles. The van der Waals surface area contributed by atoms with Crippen LogP contribution in [0.3, 0.4) is 0 Å². The maximum absolute atomic E-state index is 13.1. The summed E-state index contributed by atoms with van der Waals surface area (Å²) in [5.74, 6) is 0.956. The lowest BCUT2D eigenvalue weighted by atomic mass is 9.99. The minimum atomic E-state index is -4.96. The molecule has 0 aromatic heterocycles. The molecule has 0 fully saturated rings. The second-order valence-electron chi connectivity index (χ2n) is 29.4. The van der Waals surface area contributed by atoms with E-state index in [-0.39, 0.29) is 25.7 Å². The predicted molar refractivity (Wildman–Crippen MR) is 391 cm³/mol. The number of hydrogen-bond donors (Lipinski definition) is 3. The maximum Gasteiger partial charge on any atom is 0.472 e. The van der Waals surface area contributed by atoms with E-state index in [9.17, 15) is 43.2 Å². The molecule has 19 heteroatoms. The zero-order valence-electron chi connectivity index (χ0n) is 63.0. The third-order valence-electron chi connectivity index (χ3n) is 18.2. The number of carbonyl (C=O) groups excluding carboxylic acids is 4.